The number of rotatable bonds is 0. The van der Waals surface area contributed by atoms with Gasteiger partial charge in [0.25, 0.3) is 0 Å². The van der Waals surface area contributed by atoms with Crippen molar-refractivity contribution < 1.29 is 77.9 Å². The van der Waals surface area contributed by atoms with E-state index in [0.29, 0.717) is 34.5 Å². The molecule has 6 nitrogen and oxygen atoms in total. The van der Waals surface area contributed by atoms with Crippen LogP contribution in [-0.2, 0) is 0 Å². The summed E-state index contributed by atoms with van der Waals surface area (Å²) in [6.07, 6.45) is 0. The summed E-state index contributed by atoms with van der Waals surface area (Å²) < 4.78 is 40.0. The summed E-state index contributed by atoms with van der Waals surface area (Å²) in [7, 11) is -6.20. The minimum atomic E-state index is -6.20. The maximum absolute atomic E-state index is 6.66. The number of benzene rings is 6. The van der Waals surface area contributed by atoms with Crippen LogP contribution in [0.5, 0.6) is 34.5 Å². The topological polar surface area (TPSA) is 55.4 Å². The quantitative estimate of drug-likeness (QED) is 0.269. The number of hydrogen-bond donors (Lipinski definition) is 0. The molecule has 0 N–H and O–H groups in total. The van der Waals surface area contributed by atoms with Crippen molar-refractivity contribution in [2.75, 3.05) is 0 Å². The molecule has 180 valence electrons. The van der Waals surface area contributed by atoms with Crippen LogP contribution in [-0.4, -0.2) is 8.09 Å². The molecular formula is C30H18KO6Si-. The fourth-order valence-corrected chi connectivity index (χ4v) is 10.0. The molecule has 0 bridgehead atoms. The summed E-state index contributed by atoms with van der Waals surface area (Å²) in [6.45, 7) is 0. The van der Waals surface area contributed by atoms with E-state index in [1.54, 1.807) is 0 Å². The van der Waals surface area contributed by atoms with Gasteiger partial charge in [0, 0.05) is 0 Å². The molecule has 3 heterocycles. The average molecular weight is 542 g/mol. The number of hydrogen-bond acceptors (Lipinski definition) is 6. The van der Waals surface area contributed by atoms with E-state index in [0.717, 1.165) is 32.3 Å². The zero-order valence-corrected chi connectivity index (χ0v) is 24.5. The van der Waals surface area contributed by atoms with Crippen molar-refractivity contribution in [3.63, 3.8) is 0 Å². The van der Waals surface area contributed by atoms with Gasteiger partial charge in [0.2, 0.25) is 0 Å². The molecule has 0 fully saturated rings. The van der Waals surface area contributed by atoms with Crippen LogP contribution in [0.15, 0.2) is 109 Å². The van der Waals surface area contributed by atoms with Gasteiger partial charge in [-0.15, -0.1) is 0 Å². The Morgan fingerprint density at radius 2 is 0.500 bits per heavy atom. The van der Waals surface area contributed by atoms with Gasteiger partial charge >= 0.3 is 262 Å². The molecule has 0 radical (unpaired) electrons. The fourth-order valence-electron chi connectivity index (χ4n) is 5.73. The van der Waals surface area contributed by atoms with Gasteiger partial charge < -0.3 is 0 Å². The molecule has 0 saturated carbocycles. The Morgan fingerprint density at radius 1 is 0.316 bits per heavy atom. The van der Waals surface area contributed by atoms with Crippen molar-refractivity contribution in [3.8, 4) is 34.5 Å². The van der Waals surface area contributed by atoms with Crippen LogP contribution in [0.1, 0.15) is 0 Å². The first-order valence-corrected chi connectivity index (χ1v) is 14.6. The fraction of sp³-hybridized carbons (Fsp3) is 0. The zero-order chi connectivity index (χ0) is 24.3. The van der Waals surface area contributed by atoms with Gasteiger partial charge in [-0.3, -0.25) is 0 Å². The first-order chi connectivity index (χ1) is 18.0. The molecule has 0 aromatic heterocycles. The second-order valence-corrected chi connectivity index (χ2v) is 13.5. The first kappa shape index (κ1) is 22.7. The van der Waals surface area contributed by atoms with Crippen molar-refractivity contribution in [1.82, 2.24) is 0 Å². The summed E-state index contributed by atoms with van der Waals surface area (Å²) in [6, 6.07) is 35.2. The first-order valence-electron chi connectivity index (χ1n) is 12.1. The molecule has 0 atom stereocenters. The Bertz CT molecular complexity index is 1640. The van der Waals surface area contributed by atoms with Crippen molar-refractivity contribution in [2.45, 2.75) is 0 Å². The summed E-state index contributed by atoms with van der Waals surface area (Å²) in [5.74, 6) is 2.57. The van der Waals surface area contributed by atoms with E-state index >= 15 is 0 Å². The molecule has 38 heavy (non-hydrogen) atoms. The average Bonchev–Trinajstić information content (AvgIpc) is 3.45. The van der Waals surface area contributed by atoms with Gasteiger partial charge in [-0.1, -0.05) is 0 Å². The standard InChI is InChI=1S/C30H18O6Si.K/c1-2-8-20-14-26-25(13-19(20)7-1)31-37(32-26,33-27-15-21-9-3-4-10-22(21)16-28(27)34-37)35-29-17-23-11-5-6-12-24(23)18-30(29)36-37;/h1-18H;/q-2;+1. The third-order valence-electron chi connectivity index (χ3n) is 7.35. The van der Waals surface area contributed by atoms with E-state index < -0.39 is 8.09 Å². The van der Waals surface area contributed by atoms with E-state index in [9.17, 15) is 0 Å². The predicted molar refractivity (Wildman–Crippen MR) is 141 cm³/mol. The van der Waals surface area contributed by atoms with Crippen molar-refractivity contribution in [2.24, 2.45) is 0 Å². The van der Waals surface area contributed by atoms with E-state index in [1.165, 1.54) is 0 Å². The van der Waals surface area contributed by atoms with E-state index in [4.69, 9.17) is 26.6 Å². The third-order valence-corrected chi connectivity index (χ3v) is 11.2. The Labute approximate surface area is 259 Å². The molecule has 1 spiro atoms. The molecule has 6 aromatic carbocycles. The second-order valence-electron chi connectivity index (χ2n) is 9.80. The summed E-state index contributed by atoms with van der Waals surface area (Å²) in [5.41, 5.74) is 0. The Kier molecular flexibility index (Phi) is 4.20. The van der Waals surface area contributed by atoms with E-state index in [2.05, 4.69) is 0 Å². The van der Waals surface area contributed by atoms with Gasteiger partial charge in [-0.25, -0.2) is 0 Å². The van der Waals surface area contributed by atoms with Crippen molar-refractivity contribution in [1.29, 1.82) is 0 Å². The Hall–Kier alpha value is -3.25. The molecule has 3 aliphatic heterocycles. The van der Waals surface area contributed by atoms with Gasteiger partial charge in [0.1, 0.15) is 0 Å². The Balaban J connectivity index is 0.00000225. The van der Waals surface area contributed by atoms with Crippen LogP contribution in [0.3, 0.4) is 0 Å². The summed E-state index contributed by atoms with van der Waals surface area (Å²) in [5, 5.41) is 5.88. The second kappa shape index (κ2) is 7.03. The molecule has 6 aromatic rings. The zero-order valence-electron chi connectivity index (χ0n) is 20.3. The molecular weight excluding hydrogens is 524 g/mol. The van der Waals surface area contributed by atoms with E-state index in [1.807, 2.05) is 109 Å². The van der Waals surface area contributed by atoms with Gasteiger partial charge in [-0.05, 0) is 0 Å². The van der Waals surface area contributed by atoms with Crippen LogP contribution in [0.4, 0.5) is 0 Å². The SMILES string of the molecule is [K+].c1ccc2cc3c(cc2c1)O[Si-2]12(O3)(Oc3cc4ccccc4cc3O1)Oc1cc3ccccc3cc1O2. The van der Waals surface area contributed by atoms with Crippen LogP contribution in [0, 0.1) is 0 Å². The monoisotopic (exact) mass is 541 g/mol. The molecule has 0 aliphatic carbocycles. The molecule has 8 heteroatoms. The summed E-state index contributed by atoms with van der Waals surface area (Å²) >= 11 is 0. The van der Waals surface area contributed by atoms with Crippen molar-refractivity contribution >= 4 is 40.4 Å². The molecule has 3 aliphatic rings. The molecule has 9 rings (SSSR count). The van der Waals surface area contributed by atoms with Gasteiger partial charge in [-0.2, -0.15) is 0 Å². The molecule has 0 unspecified atom stereocenters. The third kappa shape index (κ3) is 2.84. The molecule has 0 saturated heterocycles. The predicted octanol–water partition coefficient (Wildman–Crippen LogP) is 4.20. The minimum absolute atomic E-state index is 0. The van der Waals surface area contributed by atoms with Crippen LogP contribution < -0.4 is 77.9 Å². The van der Waals surface area contributed by atoms with Crippen molar-refractivity contribution in [3.05, 3.63) is 109 Å². The van der Waals surface area contributed by atoms with Gasteiger partial charge in [0.15, 0.2) is 0 Å². The number of fused-ring (bicyclic) bond motifs is 6. The van der Waals surface area contributed by atoms with Crippen LogP contribution in [0.2, 0.25) is 0 Å². The van der Waals surface area contributed by atoms with E-state index in [-0.39, 0.29) is 51.4 Å². The summed E-state index contributed by atoms with van der Waals surface area (Å²) in [4.78, 5) is 0. The molecule has 0 amide bonds. The van der Waals surface area contributed by atoms with Gasteiger partial charge in [0.05, 0.1) is 0 Å². The maximum atomic E-state index is 6.66. The van der Waals surface area contributed by atoms with Crippen LogP contribution in [0.25, 0.3) is 32.3 Å². The Morgan fingerprint density at radius 3 is 0.684 bits per heavy atom. The normalized spacial score (nSPS) is 19.6. The van der Waals surface area contributed by atoms with Crippen LogP contribution >= 0.6 is 0 Å².